The summed E-state index contributed by atoms with van der Waals surface area (Å²) >= 11 is 3.39. The van der Waals surface area contributed by atoms with Gasteiger partial charge in [0, 0.05) is 29.6 Å². The van der Waals surface area contributed by atoms with E-state index in [4.69, 9.17) is 4.74 Å². The van der Waals surface area contributed by atoms with E-state index in [0.717, 1.165) is 15.7 Å². The van der Waals surface area contributed by atoms with Gasteiger partial charge in [-0.1, -0.05) is 0 Å². The molecular weight excluding hydrogens is 282 g/mol. The van der Waals surface area contributed by atoms with Crippen LogP contribution in [0.5, 0.6) is 5.88 Å². The SMILES string of the molecule is COc1ncccc1NCc1cncc(Br)c1. The van der Waals surface area contributed by atoms with Crippen molar-refractivity contribution in [3.63, 3.8) is 0 Å². The second kappa shape index (κ2) is 5.63. The number of methoxy groups -OCH3 is 1. The maximum atomic E-state index is 5.16. The number of pyridine rings is 2. The van der Waals surface area contributed by atoms with Gasteiger partial charge in [0.2, 0.25) is 5.88 Å². The number of rotatable bonds is 4. The summed E-state index contributed by atoms with van der Waals surface area (Å²) in [5, 5.41) is 3.26. The molecule has 0 unspecified atom stereocenters. The molecule has 0 aromatic carbocycles. The number of nitrogens with zero attached hydrogens (tertiary/aromatic N) is 2. The molecule has 1 N–H and O–H groups in total. The highest BCUT2D eigenvalue weighted by Gasteiger charge is 2.02. The maximum Gasteiger partial charge on any atom is 0.237 e. The molecule has 0 amide bonds. The molecule has 0 saturated carbocycles. The highest BCUT2D eigenvalue weighted by atomic mass is 79.9. The van der Waals surface area contributed by atoms with Crippen LogP contribution in [-0.2, 0) is 6.54 Å². The predicted molar refractivity (Wildman–Crippen MR) is 70.1 cm³/mol. The molecule has 2 rings (SSSR count). The van der Waals surface area contributed by atoms with Crippen molar-refractivity contribution in [3.05, 3.63) is 46.8 Å². The highest BCUT2D eigenvalue weighted by molar-refractivity contribution is 9.10. The highest BCUT2D eigenvalue weighted by Crippen LogP contribution is 2.20. The fourth-order valence-corrected chi connectivity index (χ4v) is 1.85. The Bertz CT molecular complexity index is 505. The fraction of sp³-hybridized carbons (Fsp3) is 0.167. The molecular formula is C12H12BrN3O. The molecule has 0 spiro atoms. The third kappa shape index (κ3) is 3.17. The van der Waals surface area contributed by atoms with Crippen LogP contribution in [0.15, 0.2) is 41.3 Å². The van der Waals surface area contributed by atoms with Crippen molar-refractivity contribution in [1.82, 2.24) is 9.97 Å². The number of hydrogen-bond donors (Lipinski definition) is 1. The molecule has 0 saturated heterocycles. The van der Waals surface area contributed by atoms with Crippen LogP contribution in [0, 0.1) is 0 Å². The first-order chi connectivity index (χ1) is 8.29. The van der Waals surface area contributed by atoms with Crippen molar-refractivity contribution >= 4 is 21.6 Å². The van der Waals surface area contributed by atoms with Gasteiger partial charge in [-0.15, -0.1) is 0 Å². The molecule has 2 aromatic heterocycles. The van der Waals surface area contributed by atoms with Gasteiger partial charge >= 0.3 is 0 Å². The second-order valence-electron chi connectivity index (χ2n) is 3.43. The van der Waals surface area contributed by atoms with Gasteiger partial charge in [-0.05, 0) is 39.7 Å². The minimum atomic E-state index is 0.593. The second-order valence-corrected chi connectivity index (χ2v) is 4.34. The number of ether oxygens (including phenoxy) is 1. The zero-order valence-corrected chi connectivity index (χ0v) is 10.9. The molecule has 0 radical (unpaired) electrons. The molecule has 0 aliphatic heterocycles. The lowest BCUT2D eigenvalue weighted by Gasteiger charge is -2.09. The Morgan fingerprint density at radius 2 is 2.29 bits per heavy atom. The van der Waals surface area contributed by atoms with E-state index < -0.39 is 0 Å². The Morgan fingerprint density at radius 1 is 1.41 bits per heavy atom. The van der Waals surface area contributed by atoms with Crippen molar-refractivity contribution in [2.75, 3.05) is 12.4 Å². The van der Waals surface area contributed by atoms with E-state index in [9.17, 15) is 0 Å². The smallest absolute Gasteiger partial charge is 0.237 e. The van der Waals surface area contributed by atoms with Crippen molar-refractivity contribution in [3.8, 4) is 5.88 Å². The molecule has 17 heavy (non-hydrogen) atoms. The van der Waals surface area contributed by atoms with E-state index in [-0.39, 0.29) is 0 Å². The van der Waals surface area contributed by atoms with Crippen molar-refractivity contribution in [1.29, 1.82) is 0 Å². The van der Waals surface area contributed by atoms with E-state index in [0.29, 0.717) is 12.4 Å². The molecule has 5 heteroatoms. The number of anilines is 1. The van der Waals surface area contributed by atoms with Gasteiger partial charge < -0.3 is 10.1 Å². The van der Waals surface area contributed by atoms with Crippen LogP contribution >= 0.6 is 15.9 Å². The number of hydrogen-bond acceptors (Lipinski definition) is 4. The summed E-state index contributed by atoms with van der Waals surface area (Å²) in [5.41, 5.74) is 1.96. The lowest BCUT2D eigenvalue weighted by Crippen LogP contribution is -2.02. The Labute approximate surface area is 108 Å². The summed E-state index contributed by atoms with van der Waals surface area (Å²) in [4.78, 5) is 8.22. The standard InChI is InChI=1S/C12H12BrN3O/c1-17-12-11(3-2-4-15-12)16-7-9-5-10(13)8-14-6-9/h2-6,8,16H,7H2,1H3. The summed E-state index contributed by atoms with van der Waals surface area (Å²) < 4.78 is 6.13. The van der Waals surface area contributed by atoms with Crippen LogP contribution in [0.2, 0.25) is 0 Å². The average molecular weight is 294 g/mol. The number of halogens is 1. The molecule has 2 aromatic rings. The number of aromatic nitrogens is 2. The summed E-state index contributed by atoms with van der Waals surface area (Å²) in [5.74, 6) is 0.593. The third-order valence-corrected chi connectivity index (χ3v) is 2.64. The van der Waals surface area contributed by atoms with Crippen LogP contribution in [-0.4, -0.2) is 17.1 Å². The summed E-state index contributed by atoms with van der Waals surface area (Å²) in [6.07, 6.45) is 5.28. The van der Waals surface area contributed by atoms with E-state index in [1.807, 2.05) is 24.4 Å². The summed E-state index contributed by atoms with van der Waals surface area (Å²) in [7, 11) is 1.61. The van der Waals surface area contributed by atoms with Crippen molar-refractivity contribution in [2.24, 2.45) is 0 Å². The zero-order valence-electron chi connectivity index (χ0n) is 9.35. The van der Waals surface area contributed by atoms with Gasteiger partial charge in [0.1, 0.15) is 0 Å². The molecule has 2 heterocycles. The van der Waals surface area contributed by atoms with Crippen LogP contribution in [0.1, 0.15) is 5.56 Å². The maximum absolute atomic E-state index is 5.16. The normalized spacial score (nSPS) is 10.0. The van der Waals surface area contributed by atoms with E-state index >= 15 is 0 Å². The van der Waals surface area contributed by atoms with Gasteiger partial charge in [-0.25, -0.2) is 4.98 Å². The first-order valence-corrected chi connectivity index (χ1v) is 5.91. The molecule has 0 bridgehead atoms. The Hall–Kier alpha value is -1.62. The van der Waals surface area contributed by atoms with Crippen molar-refractivity contribution in [2.45, 2.75) is 6.54 Å². The molecule has 0 fully saturated rings. The Balaban J connectivity index is 2.07. The van der Waals surface area contributed by atoms with Crippen LogP contribution < -0.4 is 10.1 Å². The van der Waals surface area contributed by atoms with Gasteiger partial charge in [0.25, 0.3) is 0 Å². The quantitative estimate of drug-likeness (QED) is 0.942. The monoisotopic (exact) mass is 293 g/mol. The molecule has 0 atom stereocenters. The minimum absolute atomic E-state index is 0.593. The van der Waals surface area contributed by atoms with Crippen LogP contribution in [0.3, 0.4) is 0 Å². The molecule has 88 valence electrons. The van der Waals surface area contributed by atoms with E-state index in [1.54, 1.807) is 19.5 Å². The fourth-order valence-electron chi connectivity index (χ4n) is 1.44. The number of nitrogens with one attached hydrogen (secondary N) is 1. The van der Waals surface area contributed by atoms with E-state index in [1.165, 1.54) is 0 Å². The zero-order chi connectivity index (χ0) is 12.1. The summed E-state index contributed by atoms with van der Waals surface area (Å²) in [6, 6.07) is 5.81. The topological polar surface area (TPSA) is 47.0 Å². The first kappa shape index (κ1) is 11.9. The molecule has 4 nitrogen and oxygen atoms in total. The lowest BCUT2D eigenvalue weighted by atomic mass is 10.3. The third-order valence-electron chi connectivity index (χ3n) is 2.21. The van der Waals surface area contributed by atoms with Gasteiger partial charge in [0.05, 0.1) is 12.8 Å². The average Bonchev–Trinajstić information content (AvgIpc) is 2.37. The Morgan fingerprint density at radius 3 is 3.06 bits per heavy atom. The largest absolute Gasteiger partial charge is 0.480 e. The van der Waals surface area contributed by atoms with Gasteiger partial charge in [-0.2, -0.15) is 0 Å². The van der Waals surface area contributed by atoms with Gasteiger partial charge in [0.15, 0.2) is 0 Å². The predicted octanol–water partition coefficient (Wildman–Crippen LogP) is 2.86. The molecule has 0 aliphatic rings. The summed E-state index contributed by atoms with van der Waals surface area (Å²) in [6.45, 7) is 0.675. The van der Waals surface area contributed by atoms with Crippen molar-refractivity contribution < 1.29 is 4.74 Å². The molecule has 0 aliphatic carbocycles. The Kier molecular flexibility index (Phi) is 3.93. The first-order valence-electron chi connectivity index (χ1n) is 5.12. The van der Waals surface area contributed by atoms with Crippen LogP contribution in [0.4, 0.5) is 5.69 Å². The lowest BCUT2D eigenvalue weighted by molar-refractivity contribution is 0.399. The minimum Gasteiger partial charge on any atom is -0.480 e. The van der Waals surface area contributed by atoms with Gasteiger partial charge in [-0.3, -0.25) is 4.98 Å². The van der Waals surface area contributed by atoms with Crippen LogP contribution in [0.25, 0.3) is 0 Å². The van der Waals surface area contributed by atoms with E-state index in [2.05, 4.69) is 31.2 Å².